The summed E-state index contributed by atoms with van der Waals surface area (Å²) in [4.78, 5) is 3.99. The molecule has 1 aromatic heterocycles. The van der Waals surface area contributed by atoms with Crippen molar-refractivity contribution < 1.29 is 14.2 Å². The summed E-state index contributed by atoms with van der Waals surface area (Å²) in [5, 5.41) is 5.30. The van der Waals surface area contributed by atoms with Gasteiger partial charge in [-0.1, -0.05) is 23.2 Å². The zero-order valence-corrected chi connectivity index (χ0v) is 16.9. The Kier molecular flexibility index (Phi) is 5.29. The summed E-state index contributed by atoms with van der Waals surface area (Å²) in [6, 6.07) is 12.6. The lowest BCUT2D eigenvalue weighted by Crippen LogP contribution is -2.34. The predicted octanol–water partition coefficient (Wildman–Crippen LogP) is 5.05. The van der Waals surface area contributed by atoms with Crippen molar-refractivity contribution in [1.29, 1.82) is 0 Å². The van der Waals surface area contributed by atoms with Crippen molar-refractivity contribution in [3.05, 3.63) is 70.7 Å². The van der Waals surface area contributed by atoms with Crippen LogP contribution in [0.25, 0.3) is 0 Å². The van der Waals surface area contributed by atoms with Crippen molar-refractivity contribution in [3.8, 4) is 11.5 Å². The fraction of sp³-hybridized carbons (Fsp3) is 0.300. The molecule has 3 aromatic rings. The van der Waals surface area contributed by atoms with E-state index in [-0.39, 0.29) is 12.2 Å². The van der Waals surface area contributed by atoms with Crippen molar-refractivity contribution in [1.82, 2.24) is 14.8 Å². The lowest BCUT2D eigenvalue weighted by Gasteiger charge is -2.29. The summed E-state index contributed by atoms with van der Waals surface area (Å²) in [6.07, 6.45) is 2.91. The molecule has 4 rings (SSSR count). The molecule has 1 aliphatic rings. The largest absolute Gasteiger partial charge is 0.457 e. The Morgan fingerprint density at radius 2 is 1.71 bits per heavy atom. The van der Waals surface area contributed by atoms with E-state index >= 15 is 0 Å². The van der Waals surface area contributed by atoms with Crippen LogP contribution in [0, 0.1) is 0 Å². The number of ether oxygens (including phenoxy) is 3. The highest BCUT2D eigenvalue weighted by Gasteiger charge is 2.47. The first kappa shape index (κ1) is 19.2. The summed E-state index contributed by atoms with van der Waals surface area (Å²) >= 11 is 12.5. The van der Waals surface area contributed by atoms with Gasteiger partial charge in [0.2, 0.25) is 5.79 Å². The average molecular weight is 420 g/mol. The molecular formula is C20H19Cl2N3O3. The zero-order chi connectivity index (χ0) is 19.7. The van der Waals surface area contributed by atoms with Gasteiger partial charge in [-0.2, -0.15) is 5.10 Å². The minimum Gasteiger partial charge on any atom is -0.457 e. The Morgan fingerprint density at radius 3 is 2.32 bits per heavy atom. The monoisotopic (exact) mass is 419 g/mol. The van der Waals surface area contributed by atoms with Crippen molar-refractivity contribution in [2.75, 3.05) is 0 Å². The maximum Gasteiger partial charge on any atom is 0.217 e. The highest BCUT2D eigenvalue weighted by molar-refractivity contribution is 6.31. The molecular weight excluding hydrogens is 401 g/mol. The van der Waals surface area contributed by atoms with E-state index in [9.17, 15) is 0 Å². The highest BCUT2D eigenvalue weighted by Crippen LogP contribution is 2.43. The minimum absolute atomic E-state index is 0.0930. The Bertz CT molecular complexity index is 938. The van der Waals surface area contributed by atoms with E-state index in [0.29, 0.717) is 33.7 Å². The normalized spacial score (nSPS) is 24.4. The van der Waals surface area contributed by atoms with Gasteiger partial charge in [-0.15, -0.1) is 0 Å². The summed E-state index contributed by atoms with van der Waals surface area (Å²) in [7, 11) is 0. The lowest BCUT2D eigenvalue weighted by molar-refractivity contribution is -0.193. The van der Waals surface area contributed by atoms with Gasteiger partial charge in [0, 0.05) is 10.6 Å². The van der Waals surface area contributed by atoms with E-state index in [2.05, 4.69) is 10.1 Å². The van der Waals surface area contributed by atoms with E-state index in [1.807, 2.05) is 26.0 Å². The standard InChI is InChI=1S/C20H19Cl2N3O3/c1-13-14(2)28-20(27-13,10-25-12-23-11-24-25)18-8-7-17(9-19(18)22)26-16-5-3-15(21)4-6-16/h3-9,11-14H,10H2,1-2H3. The van der Waals surface area contributed by atoms with Gasteiger partial charge in [-0.3, -0.25) is 0 Å². The van der Waals surface area contributed by atoms with Crippen molar-refractivity contribution in [3.63, 3.8) is 0 Å². The van der Waals surface area contributed by atoms with Gasteiger partial charge in [0.25, 0.3) is 0 Å². The molecule has 0 N–H and O–H groups in total. The maximum atomic E-state index is 6.62. The summed E-state index contributed by atoms with van der Waals surface area (Å²) in [5.41, 5.74) is 0.712. The molecule has 0 aliphatic carbocycles. The fourth-order valence-electron chi connectivity index (χ4n) is 3.14. The molecule has 0 saturated carbocycles. The fourth-order valence-corrected chi connectivity index (χ4v) is 3.58. The third-order valence-electron chi connectivity index (χ3n) is 4.65. The van der Waals surface area contributed by atoms with Gasteiger partial charge in [-0.05, 0) is 56.3 Å². The van der Waals surface area contributed by atoms with E-state index in [0.717, 1.165) is 0 Å². The maximum absolute atomic E-state index is 6.62. The van der Waals surface area contributed by atoms with Crippen LogP contribution < -0.4 is 4.74 Å². The SMILES string of the molecule is CC1OC(Cn2cncn2)(c2ccc(Oc3ccc(Cl)cc3)cc2Cl)OC1C. The number of hydrogen-bond donors (Lipinski definition) is 0. The molecule has 2 aromatic carbocycles. The molecule has 2 heterocycles. The molecule has 2 unspecified atom stereocenters. The Morgan fingerprint density at radius 1 is 1.04 bits per heavy atom. The second-order valence-electron chi connectivity index (χ2n) is 6.69. The van der Waals surface area contributed by atoms with Crippen molar-refractivity contribution in [2.24, 2.45) is 0 Å². The molecule has 146 valence electrons. The second kappa shape index (κ2) is 7.72. The molecule has 1 fully saturated rings. The van der Waals surface area contributed by atoms with Gasteiger partial charge in [0.05, 0.1) is 17.2 Å². The Hall–Kier alpha value is -2.12. The molecule has 0 bridgehead atoms. The topological polar surface area (TPSA) is 58.4 Å². The van der Waals surface area contributed by atoms with Crippen LogP contribution in [0.4, 0.5) is 0 Å². The zero-order valence-electron chi connectivity index (χ0n) is 15.4. The van der Waals surface area contributed by atoms with Crippen LogP contribution in [0.3, 0.4) is 0 Å². The molecule has 2 atom stereocenters. The van der Waals surface area contributed by atoms with Gasteiger partial charge in [0.15, 0.2) is 0 Å². The molecule has 0 amide bonds. The first-order valence-corrected chi connectivity index (χ1v) is 9.62. The number of halogens is 2. The molecule has 28 heavy (non-hydrogen) atoms. The first-order chi connectivity index (χ1) is 13.4. The van der Waals surface area contributed by atoms with Crippen LogP contribution >= 0.6 is 23.2 Å². The quantitative estimate of drug-likeness (QED) is 0.578. The molecule has 1 saturated heterocycles. The van der Waals surface area contributed by atoms with Crippen LogP contribution in [-0.4, -0.2) is 27.0 Å². The Balaban J connectivity index is 1.64. The van der Waals surface area contributed by atoms with Crippen LogP contribution in [0.5, 0.6) is 11.5 Å². The number of aromatic nitrogens is 3. The van der Waals surface area contributed by atoms with Crippen LogP contribution in [-0.2, 0) is 21.8 Å². The molecule has 1 aliphatic heterocycles. The van der Waals surface area contributed by atoms with Crippen molar-refractivity contribution >= 4 is 23.2 Å². The van der Waals surface area contributed by atoms with Crippen LogP contribution in [0.15, 0.2) is 55.1 Å². The van der Waals surface area contributed by atoms with Gasteiger partial charge < -0.3 is 14.2 Å². The summed E-state index contributed by atoms with van der Waals surface area (Å²) < 4.78 is 20.0. The molecule has 0 radical (unpaired) electrons. The smallest absolute Gasteiger partial charge is 0.217 e. The summed E-state index contributed by atoms with van der Waals surface area (Å²) in [5.74, 6) is 0.217. The van der Waals surface area contributed by atoms with Gasteiger partial charge in [0.1, 0.15) is 30.7 Å². The van der Waals surface area contributed by atoms with Crippen LogP contribution in [0.1, 0.15) is 19.4 Å². The van der Waals surface area contributed by atoms with Gasteiger partial charge >= 0.3 is 0 Å². The van der Waals surface area contributed by atoms with E-state index in [1.54, 1.807) is 41.3 Å². The Labute approximate surface area is 173 Å². The number of benzene rings is 2. The van der Waals surface area contributed by atoms with Crippen molar-refractivity contribution in [2.45, 2.75) is 38.4 Å². The first-order valence-electron chi connectivity index (χ1n) is 8.87. The van der Waals surface area contributed by atoms with Crippen LogP contribution in [0.2, 0.25) is 10.0 Å². The average Bonchev–Trinajstić information content (AvgIpc) is 3.25. The minimum atomic E-state index is -1.05. The predicted molar refractivity (Wildman–Crippen MR) is 106 cm³/mol. The van der Waals surface area contributed by atoms with E-state index < -0.39 is 5.79 Å². The number of rotatable bonds is 5. The third kappa shape index (κ3) is 3.86. The van der Waals surface area contributed by atoms with E-state index in [4.69, 9.17) is 37.4 Å². The van der Waals surface area contributed by atoms with Gasteiger partial charge in [-0.25, -0.2) is 9.67 Å². The summed E-state index contributed by atoms with van der Waals surface area (Å²) in [6.45, 7) is 4.28. The van der Waals surface area contributed by atoms with E-state index in [1.165, 1.54) is 6.33 Å². The third-order valence-corrected chi connectivity index (χ3v) is 5.22. The number of nitrogens with zero attached hydrogens (tertiary/aromatic N) is 3. The second-order valence-corrected chi connectivity index (χ2v) is 7.53. The molecule has 0 spiro atoms. The molecule has 6 nitrogen and oxygen atoms in total. The molecule has 8 heteroatoms. The highest BCUT2D eigenvalue weighted by atomic mass is 35.5. The number of hydrogen-bond acceptors (Lipinski definition) is 5. The lowest BCUT2D eigenvalue weighted by atomic mass is 10.1.